The summed E-state index contributed by atoms with van der Waals surface area (Å²) >= 11 is 5.81. The van der Waals surface area contributed by atoms with Gasteiger partial charge in [-0.15, -0.1) is 0 Å². The minimum Gasteiger partial charge on any atom is -0.495 e. The summed E-state index contributed by atoms with van der Waals surface area (Å²) in [6.07, 6.45) is 1.22. The number of hydrogen-bond acceptors (Lipinski definition) is 4. The van der Waals surface area contributed by atoms with E-state index in [1.807, 2.05) is 6.92 Å². The van der Waals surface area contributed by atoms with Gasteiger partial charge >= 0.3 is 0 Å². The molecule has 1 aromatic carbocycles. The van der Waals surface area contributed by atoms with Crippen LogP contribution in [0.1, 0.15) is 11.1 Å². The Balaban J connectivity index is 2.39. The van der Waals surface area contributed by atoms with Crippen LogP contribution < -0.4 is 9.46 Å². The van der Waals surface area contributed by atoms with Gasteiger partial charge in [0.2, 0.25) is 0 Å². The molecule has 0 bridgehead atoms. The van der Waals surface area contributed by atoms with Crippen LogP contribution in [0.25, 0.3) is 0 Å². The molecular weight excluding hydrogens is 312 g/mol. The average molecular weight is 327 g/mol. The standard InChI is InChI=1S/C14H15ClN2O3S/c1-9-4-5-12(13(6-9)20-3)17-21(18,19)11-7-10(2)14(15)16-8-11/h4-8,17H,1-3H3. The Hall–Kier alpha value is -1.79. The molecule has 5 nitrogen and oxygen atoms in total. The molecule has 2 aromatic rings. The van der Waals surface area contributed by atoms with E-state index >= 15 is 0 Å². The monoisotopic (exact) mass is 326 g/mol. The highest BCUT2D eigenvalue weighted by Gasteiger charge is 2.18. The Morgan fingerprint density at radius 3 is 2.57 bits per heavy atom. The first-order valence-electron chi connectivity index (χ1n) is 6.13. The number of ether oxygens (including phenoxy) is 1. The Morgan fingerprint density at radius 1 is 1.24 bits per heavy atom. The molecule has 0 amide bonds. The Bertz CT molecular complexity index is 776. The number of pyridine rings is 1. The number of nitrogens with one attached hydrogen (secondary N) is 1. The first kappa shape index (κ1) is 15.6. The summed E-state index contributed by atoms with van der Waals surface area (Å²) in [6, 6.07) is 6.68. The lowest BCUT2D eigenvalue weighted by atomic mass is 10.2. The molecule has 1 aromatic heterocycles. The molecule has 0 aliphatic rings. The van der Waals surface area contributed by atoms with Crippen LogP contribution in [0.3, 0.4) is 0 Å². The van der Waals surface area contributed by atoms with Crippen LogP contribution in [-0.4, -0.2) is 20.5 Å². The van der Waals surface area contributed by atoms with Crippen molar-refractivity contribution in [3.8, 4) is 5.75 Å². The minimum absolute atomic E-state index is 0.0482. The molecule has 0 fully saturated rings. The van der Waals surface area contributed by atoms with Crippen molar-refractivity contribution in [3.05, 3.63) is 46.7 Å². The molecule has 0 aliphatic carbocycles. The number of anilines is 1. The van der Waals surface area contributed by atoms with Crippen LogP contribution in [0.5, 0.6) is 5.75 Å². The van der Waals surface area contributed by atoms with E-state index in [-0.39, 0.29) is 10.0 Å². The first-order chi connectivity index (χ1) is 9.83. The number of hydrogen-bond donors (Lipinski definition) is 1. The highest BCUT2D eigenvalue weighted by atomic mass is 35.5. The molecular formula is C14H15ClN2O3S. The average Bonchev–Trinajstić information content (AvgIpc) is 2.43. The topological polar surface area (TPSA) is 68.3 Å². The van der Waals surface area contributed by atoms with Gasteiger partial charge in [-0.05, 0) is 43.2 Å². The van der Waals surface area contributed by atoms with Crippen molar-refractivity contribution in [1.29, 1.82) is 0 Å². The molecule has 0 spiro atoms. The SMILES string of the molecule is COc1cc(C)ccc1NS(=O)(=O)c1cnc(Cl)c(C)c1. The van der Waals surface area contributed by atoms with Crippen molar-refractivity contribution in [2.24, 2.45) is 0 Å². The van der Waals surface area contributed by atoms with Crippen LogP contribution in [0.15, 0.2) is 35.4 Å². The van der Waals surface area contributed by atoms with Crippen molar-refractivity contribution in [1.82, 2.24) is 4.98 Å². The van der Waals surface area contributed by atoms with Crippen LogP contribution in [0, 0.1) is 13.8 Å². The maximum absolute atomic E-state index is 12.4. The van der Waals surface area contributed by atoms with Crippen molar-refractivity contribution in [3.63, 3.8) is 0 Å². The Labute approximate surface area is 129 Å². The van der Waals surface area contributed by atoms with Gasteiger partial charge in [-0.1, -0.05) is 17.7 Å². The summed E-state index contributed by atoms with van der Waals surface area (Å²) in [5, 5.41) is 0.280. The number of methoxy groups -OCH3 is 1. The van der Waals surface area contributed by atoms with Crippen LogP contribution in [0.2, 0.25) is 5.15 Å². The summed E-state index contributed by atoms with van der Waals surface area (Å²) in [5.41, 5.74) is 1.94. The summed E-state index contributed by atoms with van der Waals surface area (Å²) in [5.74, 6) is 0.456. The number of nitrogens with zero attached hydrogens (tertiary/aromatic N) is 1. The molecule has 0 unspecified atom stereocenters. The third-order valence-electron chi connectivity index (χ3n) is 2.90. The summed E-state index contributed by atoms with van der Waals surface area (Å²) in [6.45, 7) is 3.59. The van der Waals surface area contributed by atoms with E-state index in [9.17, 15) is 8.42 Å². The smallest absolute Gasteiger partial charge is 0.263 e. The normalized spacial score (nSPS) is 11.2. The third-order valence-corrected chi connectivity index (χ3v) is 4.63. The van der Waals surface area contributed by atoms with Crippen LogP contribution in [-0.2, 0) is 10.0 Å². The molecule has 0 saturated carbocycles. The molecule has 2 rings (SSSR count). The van der Waals surface area contributed by atoms with Crippen molar-refractivity contribution in [2.45, 2.75) is 18.7 Å². The first-order valence-corrected chi connectivity index (χ1v) is 7.99. The molecule has 0 radical (unpaired) electrons. The van der Waals surface area contributed by atoms with Gasteiger partial charge in [0.15, 0.2) is 0 Å². The molecule has 0 aliphatic heterocycles. The second-order valence-electron chi connectivity index (χ2n) is 4.59. The van der Waals surface area contributed by atoms with Crippen molar-refractivity contribution in [2.75, 3.05) is 11.8 Å². The molecule has 112 valence electrons. The van der Waals surface area contributed by atoms with Gasteiger partial charge in [-0.3, -0.25) is 4.72 Å². The second kappa shape index (κ2) is 5.91. The quantitative estimate of drug-likeness (QED) is 0.876. The Morgan fingerprint density at radius 2 is 1.95 bits per heavy atom. The maximum atomic E-state index is 12.4. The van der Waals surface area contributed by atoms with Crippen molar-refractivity contribution >= 4 is 27.3 Å². The number of halogens is 1. The van der Waals surface area contributed by atoms with Gasteiger partial charge in [-0.2, -0.15) is 0 Å². The lowest BCUT2D eigenvalue weighted by molar-refractivity contribution is 0.416. The number of aryl methyl sites for hydroxylation is 2. The molecule has 7 heteroatoms. The number of aromatic nitrogens is 1. The zero-order chi connectivity index (χ0) is 15.6. The van der Waals surface area contributed by atoms with E-state index in [0.717, 1.165) is 5.56 Å². The predicted octanol–water partition coefficient (Wildman–Crippen LogP) is 3.16. The molecule has 0 saturated heterocycles. The summed E-state index contributed by atoms with van der Waals surface area (Å²) < 4.78 is 32.4. The van der Waals surface area contributed by atoms with E-state index in [2.05, 4.69) is 9.71 Å². The van der Waals surface area contributed by atoms with Gasteiger partial charge in [0.05, 0.1) is 12.8 Å². The molecule has 21 heavy (non-hydrogen) atoms. The lowest BCUT2D eigenvalue weighted by Crippen LogP contribution is -2.14. The zero-order valence-electron chi connectivity index (χ0n) is 11.8. The largest absolute Gasteiger partial charge is 0.495 e. The predicted molar refractivity (Wildman–Crippen MR) is 82.5 cm³/mol. The fourth-order valence-electron chi connectivity index (χ4n) is 1.77. The van der Waals surface area contributed by atoms with Gasteiger partial charge in [0.1, 0.15) is 15.8 Å². The van der Waals surface area contributed by atoms with Crippen molar-refractivity contribution < 1.29 is 13.2 Å². The number of benzene rings is 1. The number of rotatable bonds is 4. The zero-order valence-corrected chi connectivity index (χ0v) is 13.4. The number of sulfonamides is 1. The van der Waals surface area contributed by atoms with E-state index in [1.165, 1.54) is 19.4 Å². The molecule has 0 atom stereocenters. The van der Waals surface area contributed by atoms with Crippen LogP contribution in [0.4, 0.5) is 5.69 Å². The fraction of sp³-hybridized carbons (Fsp3) is 0.214. The highest BCUT2D eigenvalue weighted by Crippen LogP contribution is 2.28. The highest BCUT2D eigenvalue weighted by molar-refractivity contribution is 7.92. The molecule has 1 N–H and O–H groups in total. The van der Waals surface area contributed by atoms with Gasteiger partial charge in [-0.25, -0.2) is 13.4 Å². The van der Waals surface area contributed by atoms with E-state index in [4.69, 9.17) is 16.3 Å². The Kier molecular flexibility index (Phi) is 4.39. The second-order valence-corrected chi connectivity index (χ2v) is 6.63. The van der Waals surface area contributed by atoms with Gasteiger partial charge in [0, 0.05) is 6.20 Å². The summed E-state index contributed by atoms with van der Waals surface area (Å²) in [7, 11) is -2.26. The molecule has 1 heterocycles. The van der Waals surface area contributed by atoms with Gasteiger partial charge in [0.25, 0.3) is 10.0 Å². The van der Waals surface area contributed by atoms with E-state index in [0.29, 0.717) is 17.0 Å². The van der Waals surface area contributed by atoms with E-state index < -0.39 is 10.0 Å². The minimum atomic E-state index is -3.75. The summed E-state index contributed by atoms with van der Waals surface area (Å²) in [4.78, 5) is 3.91. The van der Waals surface area contributed by atoms with Gasteiger partial charge < -0.3 is 4.74 Å². The lowest BCUT2D eigenvalue weighted by Gasteiger charge is -2.12. The van der Waals surface area contributed by atoms with E-state index in [1.54, 1.807) is 25.1 Å². The third kappa shape index (κ3) is 3.46. The van der Waals surface area contributed by atoms with Crippen LogP contribution >= 0.6 is 11.6 Å². The fourth-order valence-corrected chi connectivity index (χ4v) is 2.97. The maximum Gasteiger partial charge on any atom is 0.263 e.